The van der Waals surface area contributed by atoms with Crippen LogP contribution in [0.3, 0.4) is 0 Å². The van der Waals surface area contributed by atoms with E-state index in [-0.39, 0.29) is 28.6 Å². The highest BCUT2D eigenvalue weighted by molar-refractivity contribution is 6.32. The van der Waals surface area contributed by atoms with E-state index in [0.29, 0.717) is 6.07 Å². The van der Waals surface area contributed by atoms with Crippen LogP contribution in [0.2, 0.25) is 5.02 Å². The molecule has 0 saturated heterocycles. The van der Waals surface area contributed by atoms with Crippen molar-refractivity contribution in [1.82, 2.24) is 5.32 Å². The van der Waals surface area contributed by atoms with Gasteiger partial charge in [0.1, 0.15) is 17.1 Å². The Bertz CT molecular complexity index is 900. The summed E-state index contributed by atoms with van der Waals surface area (Å²) in [7, 11) is 0. The van der Waals surface area contributed by atoms with Crippen LogP contribution in [0, 0.1) is 10.1 Å². The molecule has 2 rings (SSSR count). The molecule has 0 aliphatic rings. The molecule has 0 aromatic heterocycles. The topological polar surface area (TPSA) is 81.5 Å². The molecule has 2 aromatic rings. The number of nitro benzene ring substituents is 1. The number of rotatable bonds is 6. The molecule has 0 bridgehead atoms. The van der Waals surface area contributed by atoms with Crippen molar-refractivity contribution >= 4 is 23.2 Å². The molecule has 27 heavy (non-hydrogen) atoms. The Morgan fingerprint density at radius 1 is 1.30 bits per heavy atom. The van der Waals surface area contributed by atoms with Crippen LogP contribution in [0.15, 0.2) is 49.1 Å². The molecule has 0 radical (unpaired) electrons. The third-order valence-corrected chi connectivity index (χ3v) is 3.60. The molecular formula is C17H12ClF3N2O4. The second-order valence-electron chi connectivity index (χ2n) is 5.18. The van der Waals surface area contributed by atoms with Crippen molar-refractivity contribution in [3.63, 3.8) is 0 Å². The van der Waals surface area contributed by atoms with Gasteiger partial charge in [0.05, 0.1) is 15.5 Å². The summed E-state index contributed by atoms with van der Waals surface area (Å²) >= 11 is 5.81. The SMILES string of the molecule is C=CCNC(=O)c1cc(Oc2ccc(C(F)(F)F)cc2Cl)ccc1[N+](=O)[O-]. The van der Waals surface area contributed by atoms with Gasteiger partial charge < -0.3 is 10.1 Å². The van der Waals surface area contributed by atoms with Crippen molar-refractivity contribution in [3.8, 4) is 11.5 Å². The first kappa shape index (κ1) is 20.2. The average Bonchev–Trinajstić information content (AvgIpc) is 2.60. The van der Waals surface area contributed by atoms with Crippen LogP contribution >= 0.6 is 11.6 Å². The lowest BCUT2D eigenvalue weighted by Crippen LogP contribution is -2.24. The predicted molar refractivity (Wildman–Crippen MR) is 92.2 cm³/mol. The summed E-state index contributed by atoms with van der Waals surface area (Å²) in [6.45, 7) is 3.51. The lowest BCUT2D eigenvalue weighted by Gasteiger charge is -2.12. The van der Waals surface area contributed by atoms with Crippen LogP contribution in [0.5, 0.6) is 11.5 Å². The number of hydrogen-bond acceptors (Lipinski definition) is 4. The molecule has 1 amide bonds. The van der Waals surface area contributed by atoms with E-state index in [1.54, 1.807) is 0 Å². The van der Waals surface area contributed by atoms with Crippen LogP contribution < -0.4 is 10.1 Å². The van der Waals surface area contributed by atoms with Gasteiger partial charge in [0, 0.05) is 18.7 Å². The molecule has 0 heterocycles. The summed E-state index contributed by atoms with van der Waals surface area (Å²) in [6, 6.07) is 5.85. The van der Waals surface area contributed by atoms with Gasteiger partial charge in [-0.05, 0) is 24.3 Å². The maximum Gasteiger partial charge on any atom is 0.416 e. The second-order valence-corrected chi connectivity index (χ2v) is 5.59. The van der Waals surface area contributed by atoms with Crippen molar-refractivity contribution in [2.24, 2.45) is 0 Å². The highest BCUT2D eigenvalue weighted by Gasteiger charge is 2.31. The zero-order valence-corrected chi connectivity index (χ0v) is 14.3. The van der Waals surface area contributed by atoms with Crippen LogP contribution in [-0.2, 0) is 6.18 Å². The Kier molecular flexibility index (Phi) is 6.06. The van der Waals surface area contributed by atoms with Gasteiger partial charge in [-0.2, -0.15) is 13.2 Å². The number of halogens is 4. The maximum atomic E-state index is 12.7. The number of nitrogens with one attached hydrogen (secondary N) is 1. The summed E-state index contributed by atoms with van der Waals surface area (Å²) in [4.78, 5) is 22.4. The van der Waals surface area contributed by atoms with Gasteiger partial charge in [-0.15, -0.1) is 6.58 Å². The first-order chi connectivity index (χ1) is 12.6. The smallest absolute Gasteiger partial charge is 0.416 e. The van der Waals surface area contributed by atoms with Gasteiger partial charge in [-0.3, -0.25) is 14.9 Å². The van der Waals surface area contributed by atoms with E-state index < -0.39 is 28.3 Å². The number of ether oxygens (including phenoxy) is 1. The normalized spacial score (nSPS) is 11.0. The molecular weight excluding hydrogens is 389 g/mol. The highest BCUT2D eigenvalue weighted by Crippen LogP contribution is 2.37. The Morgan fingerprint density at radius 2 is 2.00 bits per heavy atom. The minimum Gasteiger partial charge on any atom is -0.456 e. The molecule has 6 nitrogen and oxygen atoms in total. The number of alkyl halides is 3. The molecule has 0 fully saturated rings. The van der Waals surface area contributed by atoms with E-state index >= 15 is 0 Å². The molecule has 142 valence electrons. The van der Waals surface area contributed by atoms with Gasteiger partial charge in [0.2, 0.25) is 0 Å². The van der Waals surface area contributed by atoms with E-state index in [0.717, 1.165) is 24.3 Å². The lowest BCUT2D eigenvalue weighted by molar-refractivity contribution is -0.385. The largest absolute Gasteiger partial charge is 0.456 e. The first-order valence-corrected chi connectivity index (χ1v) is 7.73. The quantitative estimate of drug-likeness (QED) is 0.421. The summed E-state index contributed by atoms with van der Waals surface area (Å²) in [5.74, 6) is -0.840. The summed E-state index contributed by atoms with van der Waals surface area (Å²) in [5.41, 5.74) is -1.68. The number of hydrogen-bond donors (Lipinski definition) is 1. The monoisotopic (exact) mass is 400 g/mol. The van der Waals surface area contributed by atoms with Crippen molar-refractivity contribution < 1.29 is 27.6 Å². The Balaban J connectivity index is 2.35. The number of carbonyl (C=O) groups is 1. The predicted octanol–water partition coefficient (Wildman–Crippen LogP) is 4.98. The van der Waals surface area contributed by atoms with E-state index in [4.69, 9.17) is 16.3 Å². The van der Waals surface area contributed by atoms with Gasteiger partial charge in [-0.25, -0.2) is 0 Å². The van der Waals surface area contributed by atoms with E-state index in [2.05, 4.69) is 11.9 Å². The van der Waals surface area contributed by atoms with Crippen molar-refractivity contribution in [3.05, 3.63) is 75.3 Å². The minimum absolute atomic E-state index is 0.00832. The fraction of sp³-hybridized carbons (Fsp3) is 0.118. The second kappa shape index (κ2) is 8.09. The highest BCUT2D eigenvalue weighted by atomic mass is 35.5. The van der Waals surface area contributed by atoms with Crippen LogP contribution in [-0.4, -0.2) is 17.4 Å². The van der Waals surface area contributed by atoms with E-state index in [9.17, 15) is 28.1 Å². The fourth-order valence-corrected chi connectivity index (χ4v) is 2.29. The zero-order chi connectivity index (χ0) is 20.2. The molecule has 0 unspecified atom stereocenters. The minimum atomic E-state index is -4.56. The van der Waals surface area contributed by atoms with Gasteiger partial charge in [0.15, 0.2) is 0 Å². The molecule has 0 aliphatic carbocycles. The molecule has 0 atom stereocenters. The average molecular weight is 401 g/mol. The summed E-state index contributed by atoms with van der Waals surface area (Å²) in [5, 5.41) is 13.2. The third kappa shape index (κ3) is 4.98. The number of nitrogens with zero attached hydrogens (tertiary/aromatic N) is 1. The van der Waals surface area contributed by atoms with E-state index in [1.807, 2.05) is 0 Å². The molecule has 1 N–H and O–H groups in total. The van der Waals surface area contributed by atoms with Gasteiger partial charge in [0.25, 0.3) is 11.6 Å². The third-order valence-electron chi connectivity index (χ3n) is 3.30. The molecule has 0 spiro atoms. The lowest BCUT2D eigenvalue weighted by atomic mass is 10.1. The maximum absolute atomic E-state index is 12.7. The first-order valence-electron chi connectivity index (χ1n) is 7.35. The van der Waals surface area contributed by atoms with Crippen LogP contribution in [0.4, 0.5) is 18.9 Å². The van der Waals surface area contributed by atoms with Crippen molar-refractivity contribution in [1.29, 1.82) is 0 Å². The number of carbonyl (C=O) groups excluding carboxylic acids is 1. The van der Waals surface area contributed by atoms with Gasteiger partial charge >= 0.3 is 6.18 Å². The molecule has 0 aliphatic heterocycles. The number of benzene rings is 2. The van der Waals surface area contributed by atoms with E-state index in [1.165, 1.54) is 12.1 Å². The summed E-state index contributed by atoms with van der Waals surface area (Å²) < 4.78 is 43.4. The molecule has 0 saturated carbocycles. The molecule has 2 aromatic carbocycles. The number of nitro groups is 1. The Morgan fingerprint density at radius 3 is 2.56 bits per heavy atom. The zero-order valence-electron chi connectivity index (χ0n) is 13.5. The van der Waals surface area contributed by atoms with Crippen LogP contribution in [0.25, 0.3) is 0 Å². The Hall–Kier alpha value is -3.07. The van der Waals surface area contributed by atoms with Crippen molar-refractivity contribution in [2.75, 3.05) is 6.54 Å². The Labute approximate surface area is 156 Å². The standard InChI is InChI=1S/C17H12ClF3N2O4/c1-2-7-22-16(24)12-9-11(4-5-14(12)23(25)26)27-15-6-3-10(8-13(15)18)17(19,20)21/h2-6,8-9H,1,7H2,(H,22,24). The summed E-state index contributed by atoms with van der Waals surface area (Å²) in [6.07, 6.45) is -3.17. The van der Waals surface area contributed by atoms with Crippen molar-refractivity contribution in [2.45, 2.75) is 6.18 Å². The number of amides is 1. The molecule has 10 heteroatoms. The van der Waals surface area contributed by atoms with Crippen LogP contribution in [0.1, 0.15) is 15.9 Å². The van der Waals surface area contributed by atoms with Gasteiger partial charge in [-0.1, -0.05) is 17.7 Å². The fourth-order valence-electron chi connectivity index (χ4n) is 2.07.